The topological polar surface area (TPSA) is 83.6 Å². The quantitative estimate of drug-likeness (QED) is 0.794. The Morgan fingerprint density at radius 1 is 1.41 bits per heavy atom. The summed E-state index contributed by atoms with van der Waals surface area (Å²) in [5.74, 6) is -2.15. The van der Waals surface area contributed by atoms with Crippen molar-refractivity contribution in [3.05, 3.63) is 27.7 Å². The number of aromatic hydroxyl groups is 1. The van der Waals surface area contributed by atoms with Crippen LogP contribution in [0, 0.1) is 0 Å². The number of halogens is 4. The van der Waals surface area contributed by atoms with Gasteiger partial charge in [0.15, 0.2) is 0 Å². The van der Waals surface area contributed by atoms with Crippen molar-refractivity contribution in [2.75, 3.05) is 0 Å². The van der Waals surface area contributed by atoms with Crippen molar-refractivity contribution in [1.29, 1.82) is 0 Å². The molecule has 8 heteroatoms. The maximum Gasteiger partial charge on any atom is 0.339 e. The Kier molecular flexibility index (Phi) is 5.80. The van der Waals surface area contributed by atoms with E-state index in [9.17, 15) is 18.7 Å². The average Bonchev–Trinajstić information content (AvgIpc) is 2.19. The zero-order valence-electron chi connectivity index (χ0n) is 8.23. The minimum Gasteiger partial charge on any atom is -0.507 e. The van der Waals surface area contributed by atoms with E-state index in [1.807, 2.05) is 0 Å². The van der Waals surface area contributed by atoms with Crippen LogP contribution in [0.5, 0.6) is 5.75 Å². The fraction of sp³-hybridized carbons (Fsp3) is 0.222. The normalized spacial score (nSPS) is 12.1. The first-order chi connectivity index (χ1) is 7.34. The number of nitrogens with two attached hydrogens (primary N) is 1. The van der Waals surface area contributed by atoms with Crippen molar-refractivity contribution in [1.82, 2.24) is 0 Å². The minimum absolute atomic E-state index is 0. The number of carboxylic acid groups (broad SMARTS) is 1. The van der Waals surface area contributed by atoms with E-state index in [0.717, 1.165) is 6.07 Å². The molecule has 1 aromatic carbocycles. The highest BCUT2D eigenvalue weighted by molar-refractivity contribution is 9.10. The summed E-state index contributed by atoms with van der Waals surface area (Å²) >= 11 is 2.96. The van der Waals surface area contributed by atoms with Gasteiger partial charge in [-0.1, -0.05) is 15.9 Å². The number of hydrogen-bond donors (Lipinski definition) is 3. The lowest BCUT2D eigenvalue weighted by molar-refractivity contribution is 0.0692. The second-order valence-electron chi connectivity index (χ2n) is 3.06. The summed E-state index contributed by atoms with van der Waals surface area (Å²) in [7, 11) is 0. The van der Waals surface area contributed by atoms with Gasteiger partial charge in [0.2, 0.25) is 0 Å². The van der Waals surface area contributed by atoms with Gasteiger partial charge in [-0.25, -0.2) is 13.6 Å². The second kappa shape index (κ2) is 6.13. The summed E-state index contributed by atoms with van der Waals surface area (Å²) in [4.78, 5) is 10.7. The van der Waals surface area contributed by atoms with Crippen molar-refractivity contribution in [2.24, 2.45) is 5.73 Å². The highest BCUT2D eigenvalue weighted by Gasteiger charge is 2.24. The number of carbonyl (C=O) groups is 1. The van der Waals surface area contributed by atoms with Gasteiger partial charge in [-0.05, 0) is 12.1 Å². The molecule has 0 fully saturated rings. The highest BCUT2D eigenvalue weighted by Crippen LogP contribution is 2.33. The fourth-order valence-electron chi connectivity index (χ4n) is 1.17. The molecule has 0 unspecified atom stereocenters. The van der Waals surface area contributed by atoms with E-state index in [1.165, 1.54) is 6.07 Å². The Bertz CT molecular complexity index is 431. The van der Waals surface area contributed by atoms with Crippen LogP contribution in [-0.4, -0.2) is 22.6 Å². The standard InChI is InChI=1S/C9H8BrF2NO3.ClH/c10-3-1-4(6(13)8(11)12)7(14)5(2-3)9(15)16;/h1-2,6,8,14H,13H2,(H,15,16);1H/t6-;/m1./s1. The number of phenols is 1. The zero-order chi connectivity index (χ0) is 12.5. The first-order valence-corrected chi connectivity index (χ1v) is 4.93. The maximum atomic E-state index is 12.4. The molecule has 0 heterocycles. The molecule has 17 heavy (non-hydrogen) atoms. The van der Waals surface area contributed by atoms with Crippen molar-refractivity contribution < 1.29 is 23.8 Å². The third kappa shape index (κ3) is 3.52. The lowest BCUT2D eigenvalue weighted by Crippen LogP contribution is -2.19. The summed E-state index contributed by atoms with van der Waals surface area (Å²) in [5, 5.41) is 18.2. The molecule has 0 aliphatic heterocycles. The van der Waals surface area contributed by atoms with Crippen LogP contribution in [0.1, 0.15) is 22.0 Å². The largest absolute Gasteiger partial charge is 0.507 e. The summed E-state index contributed by atoms with van der Waals surface area (Å²) in [6, 6.07) is 0.549. The van der Waals surface area contributed by atoms with Gasteiger partial charge in [0, 0.05) is 10.0 Å². The van der Waals surface area contributed by atoms with E-state index >= 15 is 0 Å². The van der Waals surface area contributed by atoms with E-state index in [-0.39, 0.29) is 22.4 Å². The van der Waals surface area contributed by atoms with Crippen LogP contribution in [0.2, 0.25) is 0 Å². The SMILES string of the molecule is Cl.N[C@H](c1cc(Br)cc(C(=O)O)c1O)C(F)F. The van der Waals surface area contributed by atoms with E-state index in [2.05, 4.69) is 15.9 Å². The Hall–Kier alpha value is -0.920. The van der Waals surface area contributed by atoms with Gasteiger partial charge < -0.3 is 15.9 Å². The molecule has 96 valence electrons. The van der Waals surface area contributed by atoms with Crippen LogP contribution < -0.4 is 5.73 Å². The molecule has 0 spiro atoms. The summed E-state index contributed by atoms with van der Waals surface area (Å²) in [5.41, 5.74) is 4.38. The molecule has 0 saturated heterocycles. The maximum absolute atomic E-state index is 12.4. The van der Waals surface area contributed by atoms with E-state index in [4.69, 9.17) is 10.8 Å². The van der Waals surface area contributed by atoms with Crippen LogP contribution in [0.25, 0.3) is 0 Å². The van der Waals surface area contributed by atoms with Crippen molar-refractivity contribution in [3.63, 3.8) is 0 Å². The predicted octanol–water partition coefficient (Wildman–Crippen LogP) is 2.54. The highest BCUT2D eigenvalue weighted by atomic mass is 79.9. The van der Waals surface area contributed by atoms with Crippen LogP contribution in [-0.2, 0) is 0 Å². The molecule has 0 aliphatic carbocycles. The first kappa shape index (κ1) is 16.1. The van der Waals surface area contributed by atoms with Crippen LogP contribution in [0.3, 0.4) is 0 Å². The molecule has 0 aliphatic rings. The van der Waals surface area contributed by atoms with Crippen molar-refractivity contribution >= 4 is 34.3 Å². The lowest BCUT2D eigenvalue weighted by atomic mass is 10.0. The third-order valence-corrected chi connectivity index (χ3v) is 2.42. The van der Waals surface area contributed by atoms with Crippen molar-refractivity contribution in [3.8, 4) is 5.75 Å². The Morgan fingerprint density at radius 2 is 1.94 bits per heavy atom. The molecule has 1 rings (SSSR count). The Balaban J connectivity index is 0.00000256. The third-order valence-electron chi connectivity index (χ3n) is 1.97. The molecule has 4 N–H and O–H groups in total. The number of aromatic carboxylic acids is 1. The van der Waals surface area contributed by atoms with Gasteiger partial charge in [-0.2, -0.15) is 0 Å². The average molecular weight is 333 g/mol. The van der Waals surface area contributed by atoms with E-state index in [1.54, 1.807) is 0 Å². The Morgan fingerprint density at radius 3 is 2.35 bits per heavy atom. The molecule has 0 saturated carbocycles. The number of carboxylic acids is 1. The predicted molar refractivity (Wildman–Crippen MR) is 62.9 cm³/mol. The van der Waals surface area contributed by atoms with Gasteiger partial charge in [0.05, 0.1) is 6.04 Å². The Labute approximate surface area is 110 Å². The smallest absolute Gasteiger partial charge is 0.339 e. The van der Waals surface area contributed by atoms with Gasteiger partial charge in [0.1, 0.15) is 11.3 Å². The molecule has 0 aromatic heterocycles. The van der Waals surface area contributed by atoms with Crippen LogP contribution in [0.15, 0.2) is 16.6 Å². The summed E-state index contributed by atoms with van der Waals surface area (Å²) in [6.07, 6.45) is -2.89. The molecule has 0 radical (unpaired) electrons. The fourth-order valence-corrected chi connectivity index (χ4v) is 1.65. The molecule has 4 nitrogen and oxygen atoms in total. The molecular weight excluding hydrogens is 323 g/mol. The number of alkyl halides is 2. The molecular formula is C9H9BrClF2NO3. The van der Waals surface area contributed by atoms with Crippen LogP contribution in [0.4, 0.5) is 8.78 Å². The number of rotatable bonds is 3. The van der Waals surface area contributed by atoms with Gasteiger partial charge in [-0.3, -0.25) is 0 Å². The number of benzene rings is 1. The summed E-state index contributed by atoms with van der Waals surface area (Å²) < 4.78 is 25.0. The minimum atomic E-state index is -2.89. The first-order valence-electron chi connectivity index (χ1n) is 4.14. The van der Waals surface area contributed by atoms with Gasteiger partial charge in [-0.15, -0.1) is 12.4 Å². The second-order valence-corrected chi connectivity index (χ2v) is 3.97. The van der Waals surface area contributed by atoms with E-state index in [0.29, 0.717) is 0 Å². The van der Waals surface area contributed by atoms with Gasteiger partial charge in [0.25, 0.3) is 6.43 Å². The monoisotopic (exact) mass is 331 g/mol. The van der Waals surface area contributed by atoms with Gasteiger partial charge >= 0.3 is 5.97 Å². The lowest BCUT2D eigenvalue weighted by Gasteiger charge is -2.14. The van der Waals surface area contributed by atoms with E-state index < -0.39 is 29.7 Å². The summed E-state index contributed by atoms with van der Waals surface area (Å²) in [6.45, 7) is 0. The molecule has 1 atom stereocenters. The number of hydrogen-bond acceptors (Lipinski definition) is 3. The molecule has 1 aromatic rings. The zero-order valence-corrected chi connectivity index (χ0v) is 10.6. The van der Waals surface area contributed by atoms with Crippen molar-refractivity contribution in [2.45, 2.75) is 12.5 Å². The molecule has 0 amide bonds. The van der Waals surface area contributed by atoms with Crippen LogP contribution >= 0.6 is 28.3 Å². The molecule has 0 bridgehead atoms.